The maximum atomic E-state index is 3.56. The average molecular weight is 210 g/mol. The normalized spacial score (nSPS) is 25.3. The third-order valence-electron chi connectivity index (χ3n) is 3.22. The molecular weight excluding hydrogens is 180 g/mol. The highest BCUT2D eigenvalue weighted by Crippen LogP contribution is 2.32. The molecule has 90 valence electrons. The van der Waals surface area contributed by atoms with E-state index in [-0.39, 0.29) is 0 Å². The highest BCUT2D eigenvalue weighted by molar-refractivity contribution is 4.78. The van der Waals surface area contributed by atoms with Crippen molar-refractivity contribution >= 4 is 0 Å². The van der Waals surface area contributed by atoms with Crippen molar-refractivity contribution in [3.05, 3.63) is 12.2 Å². The molecule has 1 fully saturated rings. The van der Waals surface area contributed by atoms with Gasteiger partial charge >= 0.3 is 0 Å². The lowest BCUT2D eigenvalue weighted by molar-refractivity contribution is 0.237. The molecule has 0 spiro atoms. The minimum absolute atomic E-state index is 1.02. The summed E-state index contributed by atoms with van der Waals surface area (Å²) in [5.74, 6) is 2.10. The second-order valence-corrected chi connectivity index (χ2v) is 5.37. The number of hydrogen-bond acceptors (Lipinski definition) is 0. The van der Waals surface area contributed by atoms with Gasteiger partial charge < -0.3 is 0 Å². The largest absolute Gasteiger partial charge is 0.100 e. The Kier molecular flexibility index (Phi) is 8.85. The van der Waals surface area contributed by atoms with Gasteiger partial charge in [0.25, 0.3) is 0 Å². The zero-order valence-electron chi connectivity index (χ0n) is 11.3. The minimum Gasteiger partial charge on any atom is -0.100 e. The van der Waals surface area contributed by atoms with Crippen LogP contribution in [0.25, 0.3) is 0 Å². The van der Waals surface area contributed by atoms with Gasteiger partial charge in [0, 0.05) is 0 Å². The summed E-state index contributed by atoms with van der Waals surface area (Å²) in [6, 6.07) is 0. The molecule has 0 aromatic carbocycles. The SMILES string of the molecule is C=C(C)C.CCCCC1CCCCC1C. The van der Waals surface area contributed by atoms with Crippen molar-refractivity contribution in [1.82, 2.24) is 0 Å². The van der Waals surface area contributed by atoms with Crippen LogP contribution in [0, 0.1) is 11.8 Å². The third kappa shape index (κ3) is 8.72. The summed E-state index contributed by atoms with van der Waals surface area (Å²) >= 11 is 0. The maximum Gasteiger partial charge on any atom is -0.0388 e. The van der Waals surface area contributed by atoms with Crippen molar-refractivity contribution in [2.45, 2.75) is 72.6 Å². The summed E-state index contributed by atoms with van der Waals surface area (Å²) in [4.78, 5) is 0. The van der Waals surface area contributed by atoms with Gasteiger partial charge in [-0.25, -0.2) is 0 Å². The Morgan fingerprint density at radius 3 is 2.20 bits per heavy atom. The fourth-order valence-corrected chi connectivity index (χ4v) is 2.29. The van der Waals surface area contributed by atoms with Gasteiger partial charge in [0.1, 0.15) is 0 Å². The topological polar surface area (TPSA) is 0 Å². The molecule has 2 unspecified atom stereocenters. The summed E-state index contributed by atoms with van der Waals surface area (Å²) in [6.07, 6.45) is 10.3. The molecule has 0 bridgehead atoms. The molecule has 0 N–H and O–H groups in total. The molecule has 0 radical (unpaired) electrons. The molecule has 0 amide bonds. The Balaban J connectivity index is 0.000000423. The summed E-state index contributed by atoms with van der Waals surface area (Å²) in [6.45, 7) is 12.2. The van der Waals surface area contributed by atoms with Crippen molar-refractivity contribution in [3.63, 3.8) is 0 Å². The van der Waals surface area contributed by atoms with Crippen LogP contribution in [0.2, 0.25) is 0 Å². The number of rotatable bonds is 3. The van der Waals surface area contributed by atoms with Crippen LogP contribution >= 0.6 is 0 Å². The molecule has 0 heterocycles. The van der Waals surface area contributed by atoms with Crippen molar-refractivity contribution in [1.29, 1.82) is 0 Å². The molecule has 1 rings (SSSR count). The van der Waals surface area contributed by atoms with Gasteiger partial charge in [-0.15, -0.1) is 6.58 Å². The fourth-order valence-electron chi connectivity index (χ4n) is 2.29. The van der Waals surface area contributed by atoms with E-state index in [9.17, 15) is 0 Å². The van der Waals surface area contributed by atoms with Crippen molar-refractivity contribution in [2.24, 2.45) is 11.8 Å². The lowest BCUT2D eigenvalue weighted by atomic mass is 9.78. The molecule has 1 aliphatic carbocycles. The number of allylic oxidation sites excluding steroid dienone is 1. The standard InChI is InChI=1S/C11H22.C4H8/c1-3-4-8-11-9-6-5-7-10(11)2;1-4(2)3/h10-11H,3-9H2,1-2H3;1H2,2-3H3. The fraction of sp³-hybridized carbons (Fsp3) is 0.867. The van der Waals surface area contributed by atoms with E-state index in [1.54, 1.807) is 0 Å². The predicted octanol–water partition coefficient (Wildman–Crippen LogP) is 5.59. The summed E-state index contributed by atoms with van der Waals surface area (Å²) in [5, 5.41) is 0. The van der Waals surface area contributed by atoms with Crippen molar-refractivity contribution in [3.8, 4) is 0 Å². The first-order chi connectivity index (χ1) is 7.07. The Bertz CT molecular complexity index is 153. The number of unbranched alkanes of at least 4 members (excludes halogenated alkanes) is 1. The molecule has 0 aromatic heterocycles. The van der Waals surface area contributed by atoms with Gasteiger partial charge in [-0.1, -0.05) is 64.4 Å². The van der Waals surface area contributed by atoms with Crippen LogP contribution < -0.4 is 0 Å². The van der Waals surface area contributed by atoms with Crippen molar-refractivity contribution < 1.29 is 0 Å². The van der Waals surface area contributed by atoms with Crippen LogP contribution in [0.3, 0.4) is 0 Å². The van der Waals surface area contributed by atoms with E-state index in [0.29, 0.717) is 0 Å². The zero-order chi connectivity index (χ0) is 11.7. The van der Waals surface area contributed by atoms with E-state index < -0.39 is 0 Å². The van der Waals surface area contributed by atoms with E-state index in [2.05, 4.69) is 20.4 Å². The molecule has 0 aliphatic heterocycles. The molecule has 2 atom stereocenters. The lowest BCUT2D eigenvalue weighted by Crippen LogP contribution is -2.16. The first kappa shape index (κ1) is 14.7. The maximum absolute atomic E-state index is 3.56. The van der Waals surface area contributed by atoms with Crippen LogP contribution in [-0.2, 0) is 0 Å². The Labute approximate surface area is 97.2 Å². The molecule has 1 aliphatic rings. The highest BCUT2D eigenvalue weighted by Gasteiger charge is 2.19. The van der Waals surface area contributed by atoms with Crippen LogP contribution in [-0.4, -0.2) is 0 Å². The van der Waals surface area contributed by atoms with Crippen molar-refractivity contribution in [2.75, 3.05) is 0 Å². The van der Waals surface area contributed by atoms with E-state index in [4.69, 9.17) is 0 Å². The van der Waals surface area contributed by atoms with E-state index >= 15 is 0 Å². The molecule has 15 heavy (non-hydrogen) atoms. The van der Waals surface area contributed by atoms with Crippen LogP contribution in [0.4, 0.5) is 0 Å². The molecule has 0 heteroatoms. The summed E-state index contributed by atoms with van der Waals surface area (Å²) in [7, 11) is 0. The van der Waals surface area contributed by atoms with E-state index in [1.165, 1.54) is 50.5 Å². The molecular formula is C15H30. The quantitative estimate of drug-likeness (QED) is 0.533. The molecule has 0 nitrogen and oxygen atoms in total. The molecule has 0 aromatic rings. The van der Waals surface area contributed by atoms with Crippen LogP contribution in [0.15, 0.2) is 12.2 Å². The Morgan fingerprint density at radius 2 is 1.73 bits per heavy atom. The second kappa shape index (κ2) is 9.00. The monoisotopic (exact) mass is 210 g/mol. The van der Waals surface area contributed by atoms with Gasteiger partial charge in [0.2, 0.25) is 0 Å². The first-order valence-electron chi connectivity index (χ1n) is 6.70. The van der Waals surface area contributed by atoms with Gasteiger partial charge in [-0.2, -0.15) is 0 Å². The van der Waals surface area contributed by atoms with Gasteiger partial charge in [-0.3, -0.25) is 0 Å². The summed E-state index contributed by atoms with van der Waals surface area (Å²) < 4.78 is 0. The smallest absolute Gasteiger partial charge is 0.0388 e. The number of hydrogen-bond donors (Lipinski definition) is 0. The second-order valence-electron chi connectivity index (χ2n) is 5.37. The third-order valence-corrected chi connectivity index (χ3v) is 3.22. The first-order valence-corrected chi connectivity index (χ1v) is 6.70. The predicted molar refractivity (Wildman–Crippen MR) is 71.1 cm³/mol. The van der Waals surface area contributed by atoms with Crippen LogP contribution in [0.1, 0.15) is 72.6 Å². The molecule has 0 saturated heterocycles. The van der Waals surface area contributed by atoms with Gasteiger partial charge in [0.05, 0.1) is 0 Å². The van der Waals surface area contributed by atoms with E-state index in [1.807, 2.05) is 13.8 Å². The Morgan fingerprint density at radius 1 is 1.20 bits per heavy atom. The average Bonchev–Trinajstić information content (AvgIpc) is 2.16. The molecule has 1 saturated carbocycles. The van der Waals surface area contributed by atoms with Crippen LogP contribution in [0.5, 0.6) is 0 Å². The lowest BCUT2D eigenvalue weighted by Gasteiger charge is -2.28. The highest BCUT2D eigenvalue weighted by atomic mass is 14.3. The Hall–Kier alpha value is -0.260. The van der Waals surface area contributed by atoms with Gasteiger partial charge in [0.15, 0.2) is 0 Å². The zero-order valence-corrected chi connectivity index (χ0v) is 11.3. The van der Waals surface area contributed by atoms with Gasteiger partial charge in [-0.05, 0) is 25.7 Å². The summed E-state index contributed by atoms with van der Waals surface area (Å²) in [5.41, 5.74) is 1.17. The minimum atomic E-state index is 1.02. The van der Waals surface area contributed by atoms with E-state index in [0.717, 1.165) is 11.8 Å².